The van der Waals surface area contributed by atoms with Crippen LogP contribution in [0.25, 0.3) is 5.57 Å². The Morgan fingerprint density at radius 2 is 2.17 bits per heavy atom. The van der Waals surface area contributed by atoms with Gasteiger partial charge in [-0.1, -0.05) is 12.2 Å². The summed E-state index contributed by atoms with van der Waals surface area (Å²) in [6, 6.07) is 5.01. The molecule has 0 bridgehead atoms. The van der Waals surface area contributed by atoms with Crippen LogP contribution >= 0.6 is 0 Å². The monoisotopic (exact) mass is 428 g/mol. The summed E-state index contributed by atoms with van der Waals surface area (Å²) in [5.41, 5.74) is 2.23. The molecule has 1 amide bonds. The van der Waals surface area contributed by atoms with Crippen molar-refractivity contribution < 1.29 is 17.9 Å². The highest BCUT2D eigenvalue weighted by molar-refractivity contribution is 7.92. The SMILES string of the molecule is CCS(=O)(=O)Nc1ccc(OC2=CCC=C[CH]2)c(C2=CN(C)C(=O)C3NCCC23)c1. The van der Waals surface area contributed by atoms with E-state index in [0.29, 0.717) is 11.4 Å². The molecule has 1 radical (unpaired) electrons. The Kier molecular flexibility index (Phi) is 5.71. The van der Waals surface area contributed by atoms with Crippen LogP contribution < -0.4 is 14.8 Å². The van der Waals surface area contributed by atoms with Gasteiger partial charge in [-0.3, -0.25) is 9.52 Å². The van der Waals surface area contributed by atoms with Crippen molar-refractivity contribution in [3.05, 3.63) is 60.4 Å². The molecule has 0 spiro atoms. The van der Waals surface area contributed by atoms with E-state index < -0.39 is 10.0 Å². The van der Waals surface area contributed by atoms with Crippen molar-refractivity contribution in [2.24, 2.45) is 5.92 Å². The number of anilines is 1. The summed E-state index contributed by atoms with van der Waals surface area (Å²) in [7, 11) is -1.67. The molecule has 4 rings (SSSR count). The fourth-order valence-electron chi connectivity index (χ4n) is 4.01. The Balaban J connectivity index is 1.77. The Labute approximate surface area is 177 Å². The van der Waals surface area contributed by atoms with Crippen molar-refractivity contribution in [3.8, 4) is 5.75 Å². The van der Waals surface area contributed by atoms with E-state index >= 15 is 0 Å². The summed E-state index contributed by atoms with van der Waals surface area (Å²) in [4.78, 5) is 14.1. The molecular weight excluding hydrogens is 402 g/mol. The van der Waals surface area contributed by atoms with Gasteiger partial charge in [-0.2, -0.15) is 0 Å². The van der Waals surface area contributed by atoms with Crippen LogP contribution in [0.5, 0.6) is 5.75 Å². The average molecular weight is 429 g/mol. The highest BCUT2D eigenvalue weighted by Crippen LogP contribution is 2.41. The Morgan fingerprint density at radius 1 is 1.33 bits per heavy atom. The Hall–Kier alpha value is -2.58. The lowest BCUT2D eigenvalue weighted by Gasteiger charge is -2.32. The highest BCUT2D eigenvalue weighted by atomic mass is 32.2. The number of allylic oxidation sites excluding steroid dienone is 3. The molecule has 2 unspecified atom stereocenters. The topological polar surface area (TPSA) is 87.7 Å². The second kappa shape index (κ2) is 8.28. The fraction of sp³-hybridized carbons (Fsp3) is 0.364. The number of hydrogen-bond donors (Lipinski definition) is 2. The molecule has 1 fully saturated rings. The predicted octanol–water partition coefficient (Wildman–Crippen LogP) is 2.67. The summed E-state index contributed by atoms with van der Waals surface area (Å²) in [6.45, 7) is 2.35. The quantitative estimate of drug-likeness (QED) is 0.727. The summed E-state index contributed by atoms with van der Waals surface area (Å²) in [5, 5.41) is 3.29. The van der Waals surface area contributed by atoms with Gasteiger partial charge in [-0.15, -0.1) is 0 Å². The van der Waals surface area contributed by atoms with E-state index in [2.05, 4.69) is 10.0 Å². The molecule has 2 heterocycles. The van der Waals surface area contributed by atoms with Crippen LogP contribution in [-0.4, -0.2) is 44.6 Å². The van der Waals surface area contributed by atoms with Gasteiger partial charge < -0.3 is 15.0 Å². The lowest BCUT2D eigenvalue weighted by atomic mass is 9.84. The van der Waals surface area contributed by atoms with Gasteiger partial charge in [-0.25, -0.2) is 8.42 Å². The lowest BCUT2D eigenvalue weighted by molar-refractivity contribution is -0.130. The van der Waals surface area contributed by atoms with Crippen molar-refractivity contribution >= 4 is 27.2 Å². The number of hydrogen-bond acceptors (Lipinski definition) is 5. The second-order valence-electron chi connectivity index (χ2n) is 7.62. The number of nitrogens with zero attached hydrogens (tertiary/aromatic N) is 1. The van der Waals surface area contributed by atoms with Gasteiger partial charge >= 0.3 is 0 Å². The minimum absolute atomic E-state index is 0.0106. The summed E-state index contributed by atoms with van der Waals surface area (Å²) in [5.74, 6) is 1.41. The number of sulfonamides is 1. The van der Waals surface area contributed by atoms with Gasteiger partial charge in [0.2, 0.25) is 15.9 Å². The number of benzene rings is 1. The Morgan fingerprint density at radius 3 is 2.90 bits per heavy atom. The van der Waals surface area contributed by atoms with Gasteiger partial charge in [0.15, 0.2) is 0 Å². The third-order valence-electron chi connectivity index (χ3n) is 5.59. The van der Waals surface area contributed by atoms with Crippen LogP contribution in [0, 0.1) is 12.3 Å². The number of amides is 1. The number of carbonyl (C=O) groups is 1. The first kappa shape index (κ1) is 20.7. The summed E-state index contributed by atoms with van der Waals surface area (Å²) < 4.78 is 33.0. The van der Waals surface area contributed by atoms with Crippen LogP contribution in [-0.2, 0) is 14.8 Å². The van der Waals surface area contributed by atoms with E-state index in [1.165, 1.54) is 0 Å². The molecule has 159 valence electrons. The zero-order valence-corrected chi connectivity index (χ0v) is 17.9. The molecule has 2 N–H and O–H groups in total. The summed E-state index contributed by atoms with van der Waals surface area (Å²) >= 11 is 0. The first-order chi connectivity index (χ1) is 14.4. The standard InChI is InChI=1S/C22H26N3O4S/c1-3-30(27,28)24-15-9-10-20(29-16-7-5-4-6-8-16)18(13-15)19-14-25(2)22(26)21-17(19)11-12-23-21/h4-5,7-10,13-14,17,21,23-24H,3,6,11-12H2,1-2H3. The van der Waals surface area contributed by atoms with Gasteiger partial charge in [0.05, 0.1) is 11.8 Å². The molecule has 1 saturated heterocycles. The zero-order valence-electron chi connectivity index (χ0n) is 17.1. The van der Waals surface area contributed by atoms with Crippen LogP contribution in [0.3, 0.4) is 0 Å². The van der Waals surface area contributed by atoms with Crippen molar-refractivity contribution in [3.63, 3.8) is 0 Å². The number of rotatable bonds is 6. The molecule has 30 heavy (non-hydrogen) atoms. The van der Waals surface area contributed by atoms with E-state index in [-0.39, 0.29) is 23.6 Å². The van der Waals surface area contributed by atoms with Gasteiger partial charge in [0.25, 0.3) is 0 Å². The van der Waals surface area contributed by atoms with E-state index in [0.717, 1.165) is 36.3 Å². The number of nitrogens with one attached hydrogen (secondary N) is 2. The normalized spacial score (nSPS) is 23.7. The van der Waals surface area contributed by atoms with Crippen molar-refractivity contribution in [2.45, 2.75) is 25.8 Å². The van der Waals surface area contributed by atoms with Gasteiger partial charge in [-0.05, 0) is 56.2 Å². The number of fused-ring (bicyclic) bond motifs is 1. The van der Waals surface area contributed by atoms with Crippen LogP contribution in [0.15, 0.2) is 48.4 Å². The third-order valence-corrected chi connectivity index (χ3v) is 6.90. The molecule has 0 aromatic heterocycles. The molecule has 1 aromatic carbocycles. The molecule has 1 aromatic rings. The molecule has 0 saturated carbocycles. The van der Waals surface area contributed by atoms with E-state index in [4.69, 9.17) is 4.74 Å². The first-order valence-electron chi connectivity index (χ1n) is 10.1. The predicted molar refractivity (Wildman–Crippen MR) is 117 cm³/mol. The minimum atomic E-state index is -3.41. The van der Waals surface area contributed by atoms with Crippen LogP contribution in [0.1, 0.15) is 25.3 Å². The zero-order chi connectivity index (χ0) is 21.3. The maximum absolute atomic E-state index is 12.6. The second-order valence-corrected chi connectivity index (χ2v) is 9.63. The Bertz CT molecular complexity index is 1040. The van der Waals surface area contributed by atoms with Crippen molar-refractivity contribution in [2.75, 3.05) is 24.1 Å². The van der Waals surface area contributed by atoms with Gasteiger partial charge in [0, 0.05) is 36.8 Å². The molecule has 1 aliphatic carbocycles. The van der Waals surface area contributed by atoms with Crippen LogP contribution in [0.2, 0.25) is 0 Å². The van der Waals surface area contributed by atoms with Gasteiger partial charge in [0.1, 0.15) is 11.5 Å². The number of ether oxygens (including phenoxy) is 1. The van der Waals surface area contributed by atoms with E-state index in [1.807, 2.05) is 30.8 Å². The largest absolute Gasteiger partial charge is 0.461 e. The maximum Gasteiger partial charge on any atom is 0.244 e. The average Bonchev–Trinajstić information content (AvgIpc) is 3.23. The van der Waals surface area contributed by atoms with Crippen LogP contribution in [0.4, 0.5) is 5.69 Å². The smallest absolute Gasteiger partial charge is 0.244 e. The molecule has 3 aliphatic rings. The third kappa shape index (κ3) is 4.15. The molecular formula is C22H26N3O4S. The molecule has 7 nitrogen and oxygen atoms in total. The van der Waals surface area contributed by atoms with E-state index in [1.54, 1.807) is 37.1 Å². The molecule has 8 heteroatoms. The first-order valence-corrected chi connectivity index (χ1v) is 11.8. The molecule has 2 atom stereocenters. The fourth-order valence-corrected chi connectivity index (χ4v) is 4.64. The van der Waals surface area contributed by atoms with E-state index in [9.17, 15) is 13.2 Å². The molecule has 2 aliphatic heterocycles. The highest BCUT2D eigenvalue weighted by Gasteiger charge is 2.41. The lowest BCUT2D eigenvalue weighted by Crippen LogP contribution is -2.46. The van der Waals surface area contributed by atoms with Crippen molar-refractivity contribution in [1.29, 1.82) is 0 Å². The maximum atomic E-state index is 12.6. The minimum Gasteiger partial charge on any atom is -0.461 e. The van der Waals surface area contributed by atoms with Crippen molar-refractivity contribution in [1.82, 2.24) is 10.2 Å². The number of likely N-dealkylation sites (N-methyl/N-ethyl adjacent to an activating group) is 1. The summed E-state index contributed by atoms with van der Waals surface area (Å²) in [6.07, 6.45) is 11.3. The number of carbonyl (C=O) groups excluding carboxylic acids is 1.